The van der Waals surface area contributed by atoms with Crippen molar-refractivity contribution in [1.29, 1.82) is 0 Å². The van der Waals surface area contributed by atoms with Gasteiger partial charge in [-0.15, -0.1) is 0 Å². The lowest BCUT2D eigenvalue weighted by Gasteiger charge is -2.13. The summed E-state index contributed by atoms with van der Waals surface area (Å²) >= 11 is 7.84. The number of hydrogen-bond acceptors (Lipinski definition) is 5. The van der Waals surface area contributed by atoms with Crippen molar-refractivity contribution >= 4 is 72.4 Å². The number of benzene rings is 3. The number of imide groups is 1. The highest BCUT2D eigenvalue weighted by atomic mass is 79.9. The molecule has 1 fully saturated rings. The number of anilines is 1. The van der Waals surface area contributed by atoms with E-state index in [0.29, 0.717) is 16.3 Å². The molecule has 3 amide bonds. The van der Waals surface area contributed by atoms with Gasteiger partial charge in [-0.2, -0.15) is 0 Å². The molecule has 0 saturated carbocycles. The Labute approximate surface area is 230 Å². The zero-order valence-electron chi connectivity index (χ0n) is 19.5. The summed E-state index contributed by atoms with van der Waals surface area (Å²) in [6, 6.07) is 18.3. The Kier molecular flexibility index (Phi) is 8.33. The van der Waals surface area contributed by atoms with Gasteiger partial charge in [-0.1, -0.05) is 46.3 Å². The third kappa shape index (κ3) is 6.27. The fourth-order valence-corrected chi connectivity index (χ4v) is 5.26. The number of nitrogens with zero attached hydrogens (tertiary/aromatic N) is 1. The molecule has 1 aliphatic heterocycles. The van der Waals surface area contributed by atoms with Crippen LogP contribution in [0.15, 0.2) is 74.5 Å². The van der Waals surface area contributed by atoms with E-state index >= 15 is 0 Å². The van der Waals surface area contributed by atoms with E-state index in [0.717, 1.165) is 43.0 Å². The molecule has 1 N–H and O–H groups in total. The minimum absolute atomic E-state index is 0.146. The van der Waals surface area contributed by atoms with E-state index in [9.17, 15) is 14.4 Å². The Morgan fingerprint density at radius 3 is 2.42 bits per heavy atom. The van der Waals surface area contributed by atoms with Crippen LogP contribution in [0.5, 0.6) is 5.75 Å². The predicted molar refractivity (Wildman–Crippen MR) is 150 cm³/mol. The number of halogens is 2. The minimum atomic E-state index is -0.324. The number of aryl methyl sites for hydroxylation is 2. The van der Waals surface area contributed by atoms with E-state index in [1.807, 2.05) is 50.2 Å². The van der Waals surface area contributed by atoms with Gasteiger partial charge in [0.1, 0.15) is 5.75 Å². The molecule has 0 aromatic heterocycles. The van der Waals surface area contributed by atoms with E-state index in [2.05, 4.69) is 37.2 Å². The molecule has 1 heterocycles. The lowest BCUT2D eigenvalue weighted by Crippen LogP contribution is -2.27. The SMILES string of the molecule is Cc1cc(Br)c(NC(=O)COc2ccc(/C=C3\SC(=O)N(Cc4ccccc4Br)C3=O)cc2)cc1C. The molecular weight excluding hydrogens is 608 g/mol. The van der Waals surface area contributed by atoms with E-state index in [1.54, 1.807) is 30.3 Å². The maximum atomic E-state index is 12.8. The van der Waals surface area contributed by atoms with Crippen LogP contribution in [-0.2, 0) is 16.1 Å². The molecule has 1 aliphatic rings. The van der Waals surface area contributed by atoms with Gasteiger partial charge in [0.25, 0.3) is 17.1 Å². The van der Waals surface area contributed by atoms with Crippen LogP contribution in [0.4, 0.5) is 10.5 Å². The lowest BCUT2D eigenvalue weighted by molar-refractivity contribution is -0.123. The van der Waals surface area contributed by atoms with Crippen LogP contribution >= 0.6 is 43.6 Å². The van der Waals surface area contributed by atoms with Crippen LogP contribution in [0.25, 0.3) is 6.08 Å². The Bertz CT molecular complexity index is 1370. The van der Waals surface area contributed by atoms with E-state index in [4.69, 9.17) is 4.74 Å². The van der Waals surface area contributed by atoms with Crippen molar-refractivity contribution in [3.8, 4) is 5.75 Å². The number of nitrogens with one attached hydrogen (secondary N) is 1. The summed E-state index contributed by atoms with van der Waals surface area (Å²) in [6.45, 7) is 4.05. The van der Waals surface area contributed by atoms with Gasteiger partial charge < -0.3 is 10.1 Å². The maximum Gasteiger partial charge on any atom is 0.293 e. The largest absolute Gasteiger partial charge is 0.484 e. The quantitative estimate of drug-likeness (QED) is 0.283. The Balaban J connectivity index is 1.35. The number of carbonyl (C=O) groups excluding carboxylic acids is 3. The molecule has 0 unspecified atom stereocenters. The Hall–Kier alpha value is -2.88. The molecule has 3 aromatic rings. The highest BCUT2D eigenvalue weighted by Crippen LogP contribution is 2.34. The average Bonchev–Trinajstić information content (AvgIpc) is 3.10. The molecule has 9 heteroatoms. The van der Waals surface area contributed by atoms with E-state index < -0.39 is 0 Å². The van der Waals surface area contributed by atoms with Crippen LogP contribution in [-0.4, -0.2) is 28.6 Å². The third-order valence-corrected chi connectivity index (χ3v) is 7.90. The summed E-state index contributed by atoms with van der Waals surface area (Å²) in [6.07, 6.45) is 1.68. The monoisotopic (exact) mass is 628 g/mol. The van der Waals surface area contributed by atoms with Crippen LogP contribution in [0.3, 0.4) is 0 Å². The van der Waals surface area contributed by atoms with Crippen molar-refractivity contribution in [2.45, 2.75) is 20.4 Å². The van der Waals surface area contributed by atoms with E-state index in [1.165, 1.54) is 4.90 Å². The van der Waals surface area contributed by atoms with Gasteiger partial charge in [0.05, 0.1) is 17.1 Å². The molecule has 36 heavy (non-hydrogen) atoms. The second kappa shape index (κ2) is 11.5. The third-order valence-electron chi connectivity index (χ3n) is 5.57. The molecule has 184 valence electrons. The van der Waals surface area contributed by atoms with Gasteiger partial charge in [0, 0.05) is 8.95 Å². The van der Waals surface area contributed by atoms with Crippen LogP contribution in [0.1, 0.15) is 22.3 Å². The highest BCUT2D eigenvalue weighted by Gasteiger charge is 2.35. The Morgan fingerprint density at radius 1 is 1.00 bits per heavy atom. The highest BCUT2D eigenvalue weighted by molar-refractivity contribution is 9.11. The number of hydrogen-bond donors (Lipinski definition) is 1. The summed E-state index contributed by atoms with van der Waals surface area (Å²) in [5, 5.41) is 2.54. The van der Waals surface area contributed by atoms with Gasteiger partial charge in [-0.3, -0.25) is 19.3 Å². The molecule has 3 aromatic carbocycles. The summed E-state index contributed by atoms with van der Waals surface area (Å²) < 4.78 is 7.26. The van der Waals surface area contributed by atoms with Crippen molar-refractivity contribution in [3.05, 3.63) is 96.8 Å². The number of carbonyl (C=O) groups is 3. The summed E-state index contributed by atoms with van der Waals surface area (Å²) in [4.78, 5) is 39.2. The molecule has 0 radical (unpaired) electrons. The van der Waals surface area contributed by atoms with Crippen molar-refractivity contribution in [2.24, 2.45) is 0 Å². The first-order chi connectivity index (χ1) is 17.2. The van der Waals surface area contributed by atoms with Gasteiger partial charge in [-0.25, -0.2) is 0 Å². The molecule has 0 spiro atoms. The molecule has 6 nitrogen and oxygen atoms in total. The zero-order valence-corrected chi connectivity index (χ0v) is 23.5. The van der Waals surface area contributed by atoms with E-state index in [-0.39, 0.29) is 30.2 Å². The van der Waals surface area contributed by atoms with Crippen molar-refractivity contribution in [1.82, 2.24) is 4.90 Å². The summed E-state index contributed by atoms with van der Waals surface area (Å²) in [5.41, 5.74) is 4.50. The Morgan fingerprint density at radius 2 is 1.69 bits per heavy atom. The van der Waals surface area contributed by atoms with Crippen molar-refractivity contribution in [3.63, 3.8) is 0 Å². The smallest absolute Gasteiger partial charge is 0.293 e. The molecule has 0 atom stereocenters. The second-order valence-corrected chi connectivity index (χ2v) is 10.9. The summed E-state index contributed by atoms with van der Waals surface area (Å²) in [7, 11) is 0. The normalized spacial score (nSPS) is 14.4. The molecule has 0 bridgehead atoms. The molecular formula is C27H22Br2N2O4S. The van der Waals surface area contributed by atoms with Gasteiger partial charge in [0.15, 0.2) is 6.61 Å². The van der Waals surface area contributed by atoms with Gasteiger partial charge in [0.2, 0.25) is 0 Å². The van der Waals surface area contributed by atoms with Crippen LogP contribution < -0.4 is 10.1 Å². The number of rotatable bonds is 7. The van der Waals surface area contributed by atoms with Gasteiger partial charge in [-0.05, 0) is 100 Å². The zero-order chi connectivity index (χ0) is 25.8. The molecule has 1 saturated heterocycles. The van der Waals surface area contributed by atoms with Crippen molar-refractivity contribution < 1.29 is 19.1 Å². The number of thioether (sulfide) groups is 1. The number of ether oxygens (including phenoxy) is 1. The molecule has 4 rings (SSSR count). The fourth-order valence-electron chi connectivity index (χ4n) is 3.46. The lowest BCUT2D eigenvalue weighted by atomic mass is 10.1. The maximum absolute atomic E-state index is 12.8. The molecule has 0 aliphatic carbocycles. The fraction of sp³-hybridized carbons (Fsp3) is 0.148. The number of amides is 3. The first-order valence-electron chi connectivity index (χ1n) is 11.0. The van der Waals surface area contributed by atoms with Crippen LogP contribution in [0, 0.1) is 13.8 Å². The second-order valence-electron chi connectivity index (χ2n) is 8.18. The first-order valence-corrected chi connectivity index (χ1v) is 13.4. The first kappa shape index (κ1) is 26.2. The summed E-state index contributed by atoms with van der Waals surface area (Å²) in [5.74, 6) is -0.0829. The van der Waals surface area contributed by atoms with Crippen molar-refractivity contribution in [2.75, 3.05) is 11.9 Å². The van der Waals surface area contributed by atoms with Crippen LogP contribution in [0.2, 0.25) is 0 Å². The standard InChI is InChI=1S/C27H22Br2N2O4S/c1-16-11-22(29)23(12-17(16)2)30-25(32)15-35-20-9-7-18(8-10-20)13-24-26(33)31(27(34)36-24)14-19-5-3-4-6-21(19)28/h3-13H,14-15H2,1-2H3,(H,30,32)/b24-13-. The predicted octanol–water partition coefficient (Wildman–Crippen LogP) is 7.08. The topological polar surface area (TPSA) is 75.7 Å². The minimum Gasteiger partial charge on any atom is -0.484 e. The van der Waals surface area contributed by atoms with Gasteiger partial charge >= 0.3 is 0 Å². The average molecular weight is 630 g/mol.